The summed E-state index contributed by atoms with van der Waals surface area (Å²) in [6.45, 7) is 0. The maximum absolute atomic E-state index is 5.98. The summed E-state index contributed by atoms with van der Waals surface area (Å²) in [5, 5.41) is 0.545. The van der Waals surface area contributed by atoms with Gasteiger partial charge in [-0.25, -0.2) is 9.97 Å². The van der Waals surface area contributed by atoms with E-state index in [9.17, 15) is 0 Å². The minimum atomic E-state index is 0.272. The van der Waals surface area contributed by atoms with Crippen LogP contribution in [0.1, 0.15) is 0 Å². The Morgan fingerprint density at radius 2 is 1.53 bits per heavy atom. The van der Waals surface area contributed by atoms with Crippen LogP contribution in [0.4, 0.5) is 0 Å². The number of hydrogen-bond acceptors (Lipinski definition) is 4. The molecule has 0 aliphatic rings. The average molecular weight is 356 g/mol. The summed E-state index contributed by atoms with van der Waals surface area (Å²) in [5.74, 6) is 0.450. The number of fused-ring (bicyclic) bond motifs is 1. The molecule has 19 heavy (non-hydrogen) atoms. The number of hydrogen-bond donors (Lipinski definition) is 0. The predicted molar refractivity (Wildman–Crippen MR) is 78.3 cm³/mol. The third-order valence-corrected chi connectivity index (χ3v) is 4.25. The van der Waals surface area contributed by atoms with E-state index in [1.54, 1.807) is 12.4 Å². The lowest BCUT2D eigenvalue weighted by Gasteiger charge is -2.04. The van der Waals surface area contributed by atoms with E-state index in [4.69, 9.17) is 23.2 Å². The van der Waals surface area contributed by atoms with E-state index in [0.717, 1.165) is 16.6 Å². The second-order valence-corrected chi connectivity index (χ2v) is 5.21. The van der Waals surface area contributed by atoms with Gasteiger partial charge >= 0.3 is 0 Å². The summed E-state index contributed by atoms with van der Waals surface area (Å²) in [4.78, 5) is 16.8. The topological polar surface area (TPSA) is 51.6 Å². The molecule has 0 unspecified atom stereocenters. The zero-order valence-electron chi connectivity index (χ0n) is 9.31. The normalized spacial score (nSPS) is 10.9. The fourth-order valence-electron chi connectivity index (χ4n) is 1.63. The molecule has 0 aliphatic heterocycles. The monoisotopic (exact) mass is 354 g/mol. The Labute approximate surface area is 127 Å². The van der Waals surface area contributed by atoms with Gasteiger partial charge in [0, 0.05) is 18.0 Å². The van der Waals surface area contributed by atoms with Gasteiger partial charge in [-0.15, -0.1) is 0 Å². The van der Waals surface area contributed by atoms with Crippen LogP contribution in [0.25, 0.3) is 22.4 Å². The minimum absolute atomic E-state index is 0.272. The number of halogens is 3. The Morgan fingerprint density at radius 1 is 0.895 bits per heavy atom. The second-order valence-electron chi connectivity index (χ2n) is 3.70. The third kappa shape index (κ3) is 2.41. The Balaban J connectivity index is 2.19. The van der Waals surface area contributed by atoms with Crippen LogP contribution in [-0.2, 0) is 0 Å². The van der Waals surface area contributed by atoms with E-state index in [2.05, 4.69) is 35.9 Å². The van der Waals surface area contributed by atoms with Crippen LogP contribution >= 0.6 is 39.1 Å². The molecule has 0 bridgehead atoms. The van der Waals surface area contributed by atoms with Crippen molar-refractivity contribution in [1.82, 2.24) is 19.9 Å². The van der Waals surface area contributed by atoms with Crippen molar-refractivity contribution in [2.24, 2.45) is 0 Å². The fraction of sp³-hybridized carbons (Fsp3) is 0. The number of aromatic nitrogens is 4. The summed E-state index contributed by atoms with van der Waals surface area (Å²) in [6.07, 6.45) is 3.28. The minimum Gasteiger partial charge on any atom is -0.253 e. The average Bonchev–Trinajstić information content (AvgIpc) is 2.43. The fourth-order valence-corrected chi connectivity index (χ4v) is 2.19. The lowest BCUT2D eigenvalue weighted by atomic mass is 10.2. The van der Waals surface area contributed by atoms with Gasteiger partial charge in [-0.3, -0.25) is 9.97 Å². The van der Waals surface area contributed by atoms with Crippen LogP contribution in [-0.4, -0.2) is 19.9 Å². The molecule has 4 nitrogen and oxygen atoms in total. The second kappa shape index (κ2) is 5.00. The van der Waals surface area contributed by atoms with Crippen LogP contribution in [0.3, 0.4) is 0 Å². The van der Waals surface area contributed by atoms with Gasteiger partial charge in [-0.1, -0.05) is 23.2 Å². The maximum atomic E-state index is 5.98. The van der Waals surface area contributed by atoms with Crippen molar-refractivity contribution in [3.8, 4) is 11.4 Å². The highest BCUT2D eigenvalue weighted by molar-refractivity contribution is 9.10. The zero-order chi connectivity index (χ0) is 13.4. The highest BCUT2D eigenvalue weighted by atomic mass is 79.9. The highest BCUT2D eigenvalue weighted by Crippen LogP contribution is 2.30. The Kier molecular flexibility index (Phi) is 3.35. The van der Waals surface area contributed by atoms with Crippen molar-refractivity contribution >= 4 is 50.2 Å². The summed E-state index contributed by atoms with van der Waals surface area (Å²) in [6, 6.07) is 5.55. The number of rotatable bonds is 1. The molecule has 0 saturated heterocycles. The molecule has 0 atom stereocenters. The van der Waals surface area contributed by atoms with Gasteiger partial charge in [0.15, 0.2) is 5.82 Å². The van der Waals surface area contributed by atoms with Gasteiger partial charge in [0.1, 0.15) is 10.3 Å². The molecular weight excluding hydrogens is 351 g/mol. The Bertz CT molecular complexity index is 756. The van der Waals surface area contributed by atoms with Crippen molar-refractivity contribution in [1.29, 1.82) is 0 Å². The highest BCUT2D eigenvalue weighted by Gasteiger charge is 2.11. The van der Waals surface area contributed by atoms with Crippen LogP contribution in [0.5, 0.6) is 0 Å². The first kappa shape index (κ1) is 12.7. The lowest BCUT2D eigenvalue weighted by Crippen LogP contribution is -1.92. The summed E-state index contributed by atoms with van der Waals surface area (Å²) >= 11 is 15.2. The standard InChI is InChI=1S/C12H5BrCl2N4/c13-9-10(14)18-12(19-11(9)15)6-1-2-7-8(5-6)17-4-3-16-7/h1-5H. The van der Waals surface area contributed by atoms with Crippen LogP contribution in [0.2, 0.25) is 10.3 Å². The molecule has 2 aromatic heterocycles. The molecule has 0 saturated carbocycles. The largest absolute Gasteiger partial charge is 0.253 e. The molecule has 0 amide bonds. The van der Waals surface area contributed by atoms with Crippen LogP contribution < -0.4 is 0 Å². The van der Waals surface area contributed by atoms with Gasteiger partial charge in [-0.05, 0) is 34.1 Å². The number of nitrogens with zero attached hydrogens (tertiary/aromatic N) is 4. The van der Waals surface area contributed by atoms with E-state index >= 15 is 0 Å². The first-order valence-corrected chi connectivity index (χ1v) is 6.80. The van der Waals surface area contributed by atoms with E-state index in [1.807, 2.05) is 18.2 Å². The third-order valence-electron chi connectivity index (χ3n) is 2.50. The quantitative estimate of drug-likeness (QED) is 0.615. The summed E-state index contributed by atoms with van der Waals surface area (Å²) in [7, 11) is 0. The Morgan fingerprint density at radius 3 is 2.21 bits per heavy atom. The smallest absolute Gasteiger partial charge is 0.162 e. The van der Waals surface area contributed by atoms with Crippen molar-refractivity contribution in [2.75, 3.05) is 0 Å². The van der Waals surface area contributed by atoms with Gasteiger partial charge < -0.3 is 0 Å². The van der Waals surface area contributed by atoms with Crippen molar-refractivity contribution in [2.45, 2.75) is 0 Å². The molecular formula is C12H5BrCl2N4. The van der Waals surface area contributed by atoms with E-state index in [1.165, 1.54) is 0 Å². The van der Waals surface area contributed by atoms with Crippen LogP contribution in [0, 0.1) is 0 Å². The molecule has 3 rings (SSSR count). The summed E-state index contributed by atoms with van der Waals surface area (Å²) in [5.41, 5.74) is 2.35. The van der Waals surface area contributed by atoms with Crippen molar-refractivity contribution in [3.05, 3.63) is 45.4 Å². The lowest BCUT2D eigenvalue weighted by molar-refractivity contribution is 1.16. The first-order valence-electron chi connectivity index (χ1n) is 5.25. The van der Waals surface area contributed by atoms with Crippen LogP contribution in [0.15, 0.2) is 35.1 Å². The molecule has 2 heterocycles. The van der Waals surface area contributed by atoms with Crippen molar-refractivity contribution < 1.29 is 0 Å². The van der Waals surface area contributed by atoms with Gasteiger partial charge in [0.25, 0.3) is 0 Å². The molecule has 94 valence electrons. The van der Waals surface area contributed by atoms with E-state index < -0.39 is 0 Å². The Hall–Kier alpha value is -1.30. The van der Waals surface area contributed by atoms with Gasteiger partial charge in [-0.2, -0.15) is 0 Å². The maximum Gasteiger partial charge on any atom is 0.162 e. The van der Waals surface area contributed by atoms with E-state index in [-0.39, 0.29) is 10.3 Å². The van der Waals surface area contributed by atoms with E-state index in [0.29, 0.717) is 10.3 Å². The molecule has 3 aromatic rings. The molecule has 1 aromatic carbocycles. The van der Waals surface area contributed by atoms with Crippen molar-refractivity contribution in [3.63, 3.8) is 0 Å². The molecule has 0 N–H and O–H groups in total. The van der Waals surface area contributed by atoms with Gasteiger partial charge in [0.2, 0.25) is 0 Å². The number of benzene rings is 1. The predicted octanol–water partition coefficient (Wildman–Crippen LogP) is 4.16. The zero-order valence-corrected chi connectivity index (χ0v) is 12.4. The van der Waals surface area contributed by atoms with Gasteiger partial charge in [0.05, 0.1) is 15.5 Å². The molecule has 0 spiro atoms. The molecule has 7 heteroatoms. The molecule has 0 fully saturated rings. The first-order chi connectivity index (χ1) is 9.15. The molecule has 0 radical (unpaired) electrons. The molecule has 0 aliphatic carbocycles. The summed E-state index contributed by atoms with van der Waals surface area (Å²) < 4.78 is 0.486. The SMILES string of the molecule is Clc1nc(-c2ccc3nccnc3c2)nc(Cl)c1Br.